The molecule has 2 bridgehead atoms. The van der Waals surface area contributed by atoms with Gasteiger partial charge in [0.25, 0.3) is 0 Å². The van der Waals surface area contributed by atoms with Gasteiger partial charge in [-0.2, -0.15) is 0 Å². The molecule has 2 aromatic carbocycles. The van der Waals surface area contributed by atoms with Crippen LogP contribution in [0.25, 0.3) is 0 Å². The molecular weight excluding hydrogens is 258 g/mol. The predicted octanol–water partition coefficient (Wildman–Crippen LogP) is 3.28. The summed E-state index contributed by atoms with van der Waals surface area (Å²) in [5.74, 6) is 0.400. The van der Waals surface area contributed by atoms with Crippen molar-refractivity contribution in [3.63, 3.8) is 0 Å². The number of fused-ring (bicyclic) bond motifs is 6. The normalized spacial score (nSPS) is 29.9. The highest BCUT2D eigenvalue weighted by atomic mass is 16.3. The summed E-state index contributed by atoms with van der Waals surface area (Å²) in [5.41, 5.74) is 3.80. The van der Waals surface area contributed by atoms with Gasteiger partial charge in [0, 0.05) is 19.1 Å². The summed E-state index contributed by atoms with van der Waals surface area (Å²) in [6.07, 6.45) is 0. The Hall–Kier alpha value is -1.64. The summed E-state index contributed by atoms with van der Waals surface area (Å²) >= 11 is 0. The van der Waals surface area contributed by atoms with Crippen LogP contribution in [-0.4, -0.2) is 16.0 Å². The van der Waals surface area contributed by atoms with Crippen molar-refractivity contribution in [1.82, 2.24) is 4.90 Å². The monoisotopic (exact) mass is 279 g/mol. The Morgan fingerprint density at radius 3 is 1.90 bits per heavy atom. The Balaban J connectivity index is 2.04. The van der Waals surface area contributed by atoms with Crippen molar-refractivity contribution in [2.45, 2.75) is 38.6 Å². The van der Waals surface area contributed by atoms with E-state index in [1.807, 2.05) is 12.1 Å². The van der Waals surface area contributed by atoms with Crippen LogP contribution in [0.5, 0.6) is 0 Å². The second-order valence-corrected chi connectivity index (χ2v) is 6.67. The Morgan fingerprint density at radius 2 is 1.43 bits per heavy atom. The summed E-state index contributed by atoms with van der Waals surface area (Å²) in [6, 6.07) is 16.9. The molecule has 4 rings (SSSR count). The smallest absolute Gasteiger partial charge is 0.131 e. The van der Waals surface area contributed by atoms with Gasteiger partial charge in [-0.05, 0) is 28.2 Å². The van der Waals surface area contributed by atoms with E-state index in [1.54, 1.807) is 0 Å². The number of hydrogen-bond acceptors (Lipinski definition) is 2. The van der Waals surface area contributed by atoms with E-state index < -0.39 is 5.60 Å². The van der Waals surface area contributed by atoms with E-state index in [4.69, 9.17) is 0 Å². The standard InChI is InChI=1S/C19H21NO/c1-13(2)18-19(21)16-9-5-3-7-14(16)11-20(18)12-15-8-4-6-10-17(15)19/h3-10,13,18,21H,11-12H2,1-2H3/t18-/m0/s1. The highest BCUT2D eigenvalue weighted by Crippen LogP contribution is 2.49. The van der Waals surface area contributed by atoms with E-state index in [0.29, 0.717) is 5.92 Å². The third-order valence-corrected chi connectivity index (χ3v) is 5.06. The molecule has 0 aliphatic carbocycles. The van der Waals surface area contributed by atoms with Crippen LogP contribution in [0.3, 0.4) is 0 Å². The summed E-state index contributed by atoms with van der Waals surface area (Å²) in [4.78, 5) is 2.44. The van der Waals surface area contributed by atoms with Gasteiger partial charge in [0.2, 0.25) is 0 Å². The highest BCUT2D eigenvalue weighted by molar-refractivity contribution is 5.50. The Labute approximate surface area is 126 Å². The number of hydrogen-bond donors (Lipinski definition) is 1. The molecule has 2 nitrogen and oxygen atoms in total. The lowest BCUT2D eigenvalue weighted by molar-refractivity contribution is -0.0754. The lowest BCUT2D eigenvalue weighted by atomic mass is 9.67. The Kier molecular flexibility index (Phi) is 2.75. The zero-order valence-electron chi connectivity index (χ0n) is 12.6. The van der Waals surface area contributed by atoms with Crippen LogP contribution in [0, 0.1) is 5.92 Å². The van der Waals surface area contributed by atoms with Crippen LogP contribution in [-0.2, 0) is 18.7 Å². The van der Waals surface area contributed by atoms with Gasteiger partial charge in [-0.3, -0.25) is 4.90 Å². The van der Waals surface area contributed by atoms with Crippen molar-refractivity contribution in [1.29, 1.82) is 0 Å². The van der Waals surface area contributed by atoms with E-state index >= 15 is 0 Å². The Morgan fingerprint density at radius 1 is 0.952 bits per heavy atom. The molecule has 21 heavy (non-hydrogen) atoms. The number of nitrogens with zero attached hydrogens (tertiary/aromatic N) is 1. The van der Waals surface area contributed by atoms with Crippen LogP contribution >= 0.6 is 0 Å². The first kappa shape index (κ1) is 13.1. The van der Waals surface area contributed by atoms with Crippen molar-refractivity contribution in [3.8, 4) is 0 Å². The van der Waals surface area contributed by atoms with Crippen LogP contribution in [0.15, 0.2) is 48.5 Å². The van der Waals surface area contributed by atoms with Gasteiger partial charge in [0.15, 0.2) is 0 Å². The average Bonchev–Trinajstić information content (AvgIpc) is 2.47. The van der Waals surface area contributed by atoms with Gasteiger partial charge in [0.05, 0.1) is 0 Å². The lowest BCUT2D eigenvalue weighted by Crippen LogP contribution is -2.60. The molecule has 0 aromatic heterocycles. The predicted molar refractivity (Wildman–Crippen MR) is 83.8 cm³/mol. The van der Waals surface area contributed by atoms with Crippen molar-refractivity contribution >= 4 is 0 Å². The summed E-state index contributed by atoms with van der Waals surface area (Å²) in [5, 5.41) is 11.8. The fourth-order valence-corrected chi connectivity index (χ4v) is 4.38. The number of benzene rings is 2. The zero-order chi connectivity index (χ0) is 14.6. The van der Waals surface area contributed by atoms with Crippen molar-refractivity contribution < 1.29 is 5.11 Å². The van der Waals surface area contributed by atoms with Crippen molar-refractivity contribution in [3.05, 3.63) is 70.8 Å². The maximum atomic E-state index is 11.8. The van der Waals surface area contributed by atoms with E-state index in [0.717, 1.165) is 24.2 Å². The summed E-state index contributed by atoms with van der Waals surface area (Å²) in [6.45, 7) is 6.28. The molecule has 0 saturated carbocycles. The summed E-state index contributed by atoms with van der Waals surface area (Å²) < 4.78 is 0. The maximum absolute atomic E-state index is 11.8. The van der Waals surface area contributed by atoms with E-state index in [1.165, 1.54) is 11.1 Å². The molecule has 2 aromatic rings. The SMILES string of the molecule is CC(C)[C@@H]1N2Cc3ccccc3C1(O)c1ccccc1C2. The van der Waals surface area contributed by atoms with Gasteiger partial charge in [-0.1, -0.05) is 62.4 Å². The van der Waals surface area contributed by atoms with Crippen LogP contribution in [0.1, 0.15) is 36.1 Å². The highest BCUT2D eigenvalue weighted by Gasteiger charge is 2.52. The van der Waals surface area contributed by atoms with Gasteiger partial charge in [0.1, 0.15) is 5.60 Å². The average molecular weight is 279 g/mol. The molecule has 0 radical (unpaired) electrons. The Bertz CT molecular complexity index is 642. The molecular formula is C19H21NO. The first-order valence-electron chi connectivity index (χ1n) is 7.75. The minimum atomic E-state index is -0.891. The van der Waals surface area contributed by atoms with Gasteiger partial charge in [-0.15, -0.1) is 0 Å². The maximum Gasteiger partial charge on any atom is 0.131 e. The molecule has 0 saturated heterocycles. The van der Waals surface area contributed by atoms with Crippen molar-refractivity contribution in [2.24, 2.45) is 5.92 Å². The summed E-state index contributed by atoms with van der Waals surface area (Å²) in [7, 11) is 0. The van der Waals surface area contributed by atoms with Gasteiger partial charge >= 0.3 is 0 Å². The molecule has 2 heteroatoms. The van der Waals surface area contributed by atoms with Crippen LogP contribution in [0.2, 0.25) is 0 Å². The van der Waals surface area contributed by atoms with Crippen LogP contribution < -0.4 is 0 Å². The molecule has 1 N–H and O–H groups in total. The first-order chi connectivity index (χ1) is 10.1. The molecule has 108 valence electrons. The van der Waals surface area contributed by atoms with Gasteiger partial charge in [-0.25, -0.2) is 0 Å². The molecule has 0 amide bonds. The van der Waals surface area contributed by atoms with Crippen molar-refractivity contribution in [2.75, 3.05) is 0 Å². The largest absolute Gasteiger partial charge is 0.379 e. The molecule has 0 unspecified atom stereocenters. The second kappa shape index (κ2) is 4.43. The first-order valence-corrected chi connectivity index (χ1v) is 7.75. The third kappa shape index (κ3) is 1.66. The van der Waals surface area contributed by atoms with E-state index in [-0.39, 0.29) is 6.04 Å². The molecule has 0 spiro atoms. The molecule has 2 aliphatic heterocycles. The molecule has 1 atom stereocenters. The van der Waals surface area contributed by atoms with Crippen LogP contribution in [0.4, 0.5) is 0 Å². The minimum absolute atomic E-state index is 0.141. The topological polar surface area (TPSA) is 23.5 Å². The molecule has 2 aliphatic rings. The fourth-order valence-electron chi connectivity index (χ4n) is 4.38. The number of rotatable bonds is 1. The van der Waals surface area contributed by atoms with Gasteiger partial charge < -0.3 is 5.11 Å². The quantitative estimate of drug-likeness (QED) is 0.866. The zero-order valence-corrected chi connectivity index (χ0v) is 12.6. The number of aliphatic hydroxyl groups is 1. The fraction of sp³-hybridized carbons (Fsp3) is 0.368. The second-order valence-electron chi connectivity index (χ2n) is 6.67. The molecule has 0 fully saturated rings. The third-order valence-electron chi connectivity index (χ3n) is 5.06. The van der Waals surface area contributed by atoms with E-state index in [2.05, 4.69) is 55.1 Å². The molecule has 2 heterocycles. The lowest BCUT2D eigenvalue weighted by Gasteiger charge is -2.54. The minimum Gasteiger partial charge on any atom is -0.379 e. The van der Waals surface area contributed by atoms with E-state index in [9.17, 15) is 5.11 Å².